The van der Waals surface area contributed by atoms with Gasteiger partial charge in [-0.3, -0.25) is 0 Å². The first-order chi connectivity index (χ1) is 16.6. The van der Waals surface area contributed by atoms with Crippen LogP contribution in [0.1, 0.15) is 19.5 Å². The maximum Gasteiger partial charge on any atom is 0.110 e. The van der Waals surface area contributed by atoms with Crippen LogP contribution in [-0.4, -0.2) is 0 Å². The Kier molecular flexibility index (Phi) is 3.86. The molecule has 4 heterocycles. The molecule has 0 aliphatic carbocycles. The SMILES string of the molecule is N#Cc1cc2c3cc(C#N)sc3c3cc4c(cc3c2s1)c1sc(C#N)cc1c1cc(C#N)sc14. The minimum absolute atomic E-state index is 0.633. The highest BCUT2D eigenvalue weighted by Crippen LogP contribution is 2.48. The van der Waals surface area contributed by atoms with Gasteiger partial charge in [-0.15, -0.1) is 45.3 Å². The average molecular weight is 503 g/mol. The first kappa shape index (κ1) is 19.4. The molecule has 0 N–H and O–H groups in total. The third kappa shape index (κ3) is 2.41. The molecule has 4 nitrogen and oxygen atoms in total. The number of rotatable bonds is 0. The third-order valence-electron chi connectivity index (χ3n) is 6.09. The van der Waals surface area contributed by atoms with Gasteiger partial charge in [0.15, 0.2) is 0 Å². The maximum absolute atomic E-state index is 9.58. The summed E-state index contributed by atoms with van der Waals surface area (Å²) in [5.74, 6) is 0. The molecule has 0 amide bonds. The second-order valence-electron chi connectivity index (χ2n) is 7.80. The van der Waals surface area contributed by atoms with Crippen LogP contribution in [0, 0.1) is 45.3 Å². The minimum Gasteiger partial charge on any atom is -0.192 e. The van der Waals surface area contributed by atoms with Gasteiger partial charge in [0, 0.05) is 61.9 Å². The number of hydrogen-bond acceptors (Lipinski definition) is 8. The van der Waals surface area contributed by atoms with Crippen molar-refractivity contribution in [1.82, 2.24) is 0 Å². The summed E-state index contributed by atoms with van der Waals surface area (Å²) in [5, 5.41) is 46.4. The van der Waals surface area contributed by atoms with Crippen molar-refractivity contribution in [1.29, 1.82) is 21.0 Å². The fraction of sp³-hybridized carbons (Fsp3) is 0. The van der Waals surface area contributed by atoms with Crippen LogP contribution in [0.5, 0.6) is 0 Å². The number of benzene rings is 3. The van der Waals surface area contributed by atoms with Crippen molar-refractivity contribution in [3.8, 4) is 24.3 Å². The Hall–Kier alpha value is -4.02. The molecule has 0 aliphatic rings. The Morgan fingerprint density at radius 2 is 0.559 bits per heavy atom. The number of nitriles is 4. The third-order valence-corrected chi connectivity index (χ3v) is 10.4. The highest BCUT2D eigenvalue weighted by molar-refractivity contribution is 7.24. The first-order valence-corrected chi connectivity index (χ1v) is 13.3. The van der Waals surface area contributed by atoms with Crippen LogP contribution < -0.4 is 0 Å². The highest BCUT2D eigenvalue weighted by Gasteiger charge is 2.20. The predicted molar refractivity (Wildman–Crippen MR) is 142 cm³/mol. The summed E-state index contributed by atoms with van der Waals surface area (Å²) in [5.41, 5.74) is 0. The van der Waals surface area contributed by atoms with Crippen LogP contribution in [0.15, 0.2) is 36.4 Å². The van der Waals surface area contributed by atoms with Crippen LogP contribution in [0.4, 0.5) is 0 Å². The minimum atomic E-state index is 0.633. The van der Waals surface area contributed by atoms with Gasteiger partial charge in [-0.25, -0.2) is 0 Å². The monoisotopic (exact) mass is 502 g/mol. The van der Waals surface area contributed by atoms with Crippen molar-refractivity contribution in [3.63, 3.8) is 0 Å². The van der Waals surface area contributed by atoms with Gasteiger partial charge in [-0.2, -0.15) is 21.0 Å². The molecule has 0 spiro atoms. The Bertz CT molecular complexity index is 1910. The Morgan fingerprint density at radius 3 is 0.765 bits per heavy atom. The molecular formula is C26H6N4S4. The van der Waals surface area contributed by atoms with E-state index in [1.165, 1.54) is 45.3 Å². The predicted octanol–water partition coefficient (Wildman–Crippen LogP) is 8.34. The molecule has 0 saturated heterocycles. The van der Waals surface area contributed by atoms with Gasteiger partial charge in [0.05, 0.1) is 0 Å². The van der Waals surface area contributed by atoms with E-state index >= 15 is 0 Å². The molecule has 154 valence electrons. The molecule has 34 heavy (non-hydrogen) atoms. The molecule has 3 aromatic carbocycles. The van der Waals surface area contributed by atoms with Crippen molar-refractivity contribution < 1.29 is 0 Å². The molecular weight excluding hydrogens is 497 g/mol. The molecule has 0 atom stereocenters. The smallest absolute Gasteiger partial charge is 0.110 e. The normalized spacial score (nSPS) is 11.4. The van der Waals surface area contributed by atoms with E-state index in [0.717, 1.165) is 61.9 Å². The van der Waals surface area contributed by atoms with Gasteiger partial charge in [0.1, 0.15) is 43.8 Å². The summed E-state index contributed by atoms with van der Waals surface area (Å²) in [4.78, 5) is 2.53. The molecule has 0 radical (unpaired) electrons. The van der Waals surface area contributed by atoms with Crippen LogP contribution in [0.3, 0.4) is 0 Å². The lowest BCUT2D eigenvalue weighted by molar-refractivity contribution is 1.52. The van der Waals surface area contributed by atoms with Crippen LogP contribution in [0.2, 0.25) is 0 Å². The van der Waals surface area contributed by atoms with E-state index in [4.69, 9.17) is 0 Å². The summed E-state index contributed by atoms with van der Waals surface area (Å²) in [6, 6.07) is 21.1. The lowest BCUT2D eigenvalue weighted by atomic mass is 9.98. The second kappa shape index (κ2) is 6.75. The van der Waals surface area contributed by atoms with Gasteiger partial charge < -0.3 is 0 Å². The van der Waals surface area contributed by atoms with Crippen LogP contribution in [-0.2, 0) is 0 Å². The Labute approximate surface area is 207 Å². The molecule has 0 bridgehead atoms. The van der Waals surface area contributed by atoms with Crippen molar-refractivity contribution in [2.24, 2.45) is 0 Å². The molecule has 4 aromatic heterocycles. The largest absolute Gasteiger partial charge is 0.192 e. The second-order valence-corrected chi connectivity index (χ2v) is 12.0. The van der Waals surface area contributed by atoms with E-state index in [2.05, 4.69) is 36.4 Å². The zero-order chi connectivity index (χ0) is 23.1. The molecule has 8 heteroatoms. The number of fused-ring (bicyclic) bond motifs is 12. The lowest BCUT2D eigenvalue weighted by Gasteiger charge is -2.08. The molecule has 7 rings (SSSR count). The fourth-order valence-electron chi connectivity index (χ4n) is 4.74. The molecule has 0 saturated carbocycles. The summed E-state index contributed by atoms with van der Waals surface area (Å²) in [6.45, 7) is 0. The van der Waals surface area contributed by atoms with Gasteiger partial charge in [0.2, 0.25) is 0 Å². The summed E-state index contributed by atoms with van der Waals surface area (Å²) in [6.07, 6.45) is 0. The van der Waals surface area contributed by atoms with Crippen LogP contribution >= 0.6 is 45.3 Å². The Balaban J connectivity index is 1.80. The summed E-state index contributed by atoms with van der Waals surface area (Å²) < 4.78 is 4.10. The van der Waals surface area contributed by atoms with Crippen molar-refractivity contribution in [2.75, 3.05) is 0 Å². The average Bonchev–Trinajstić information content (AvgIpc) is 3.64. The van der Waals surface area contributed by atoms with E-state index < -0.39 is 0 Å². The van der Waals surface area contributed by atoms with E-state index in [0.29, 0.717) is 19.5 Å². The Morgan fingerprint density at radius 1 is 0.353 bits per heavy atom. The fourth-order valence-corrected chi connectivity index (χ4v) is 8.74. The topological polar surface area (TPSA) is 95.2 Å². The molecule has 0 fully saturated rings. The van der Waals surface area contributed by atoms with Gasteiger partial charge >= 0.3 is 0 Å². The van der Waals surface area contributed by atoms with E-state index in [-0.39, 0.29) is 0 Å². The van der Waals surface area contributed by atoms with Crippen molar-refractivity contribution in [3.05, 3.63) is 55.9 Å². The summed E-state index contributed by atoms with van der Waals surface area (Å²) in [7, 11) is 0. The highest BCUT2D eigenvalue weighted by atomic mass is 32.1. The first-order valence-electron chi connectivity index (χ1n) is 9.99. The lowest BCUT2D eigenvalue weighted by Crippen LogP contribution is -1.80. The molecule has 0 aliphatic heterocycles. The maximum atomic E-state index is 9.58. The molecule has 0 unspecified atom stereocenters. The van der Waals surface area contributed by atoms with Crippen molar-refractivity contribution in [2.45, 2.75) is 0 Å². The van der Waals surface area contributed by atoms with Gasteiger partial charge in [0.25, 0.3) is 0 Å². The number of thiophene rings is 4. The van der Waals surface area contributed by atoms with Crippen molar-refractivity contribution >= 4 is 107 Å². The quantitative estimate of drug-likeness (QED) is 0.195. The van der Waals surface area contributed by atoms with E-state index in [1.807, 2.05) is 24.3 Å². The van der Waals surface area contributed by atoms with E-state index in [9.17, 15) is 21.0 Å². The number of nitrogens with zero attached hydrogens (tertiary/aromatic N) is 4. The van der Waals surface area contributed by atoms with Gasteiger partial charge in [-0.05, 0) is 36.4 Å². The standard InChI is InChI=1S/C26H6N4S4/c27-7-11-1-15-16-2-12(8-28)32-24(16)20-6-22-21(5-19(20)23(15)31-11)25-17(3-13(9-29)33-25)18-4-14(10-30)34-26(18)22/h1-6H. The zero-order valence-electron chi connectivity index (χ0n) is 16.9. The van der Waals surface area contributed by atoms with E-state index in [1.54, 1.807) is 0 Å². The molecule has 7 aromatic rings. The van der Waals surface area contributed by atoms with Crippen LogP contribution in [0.25, 0.3) is 61.9 Å². The number of hydrogen-bond donors (Lipinski definition) is 0. The van der Waals surface area contributed by atoms with Gasteiger partial charge in [-0.1, -0.05) is 0 Å². The zero-order valence-corrected chi connectivity index (χ0v) is 20.2. The summed E-state index contributed by atoms with van der Waals surface area (Å²) >= 11 is 5.86.